The van der Waals surface area contributed by atoms with Crippen molar-refractivity contribution in [2.24, 2.45) is 5.41 Å². The number of nitrogens with one attached hydrogen (secondary N) is 1. The molecule has 1 aromatic heterocycles. The second kappa shape index (κ2) is 10.9. The third kappa shape index (κ3) is 6.84. The zero-order valence-electron chi connectivity index (χ0n) is 20.2. The van der Waals surface area contributed by atoms with Gasteiger partial charge in [-0.3, -0.25) is 9.78 Å². The Kier molecular flexibility index (Phi) is 8.20. The summed E-state index contributed by atoms with van der Waals surface area (Å²) >= 11 is 6.02. The fourth-order valence-corrected chi connectivity index (χ4v) is 3.98. The first kappa shape index (κ1) is 24.8. The van der Waals surface area contributed by atoms with Crippen molar-refractivity contribution in [2.45, 2.75) is 53.1 Å². The highest BCUT2D eigenvalue weighted by Gasteiger charge is 2.27. The maximum Gasteiger partial charge on any atom is 0.228 e. The molecule has 0 aliphatic rings. The SMILES string of the molecule is COc1cc(NC(C)CCCN(Cc2ccc(Cl)cc2)C(=O)C(C)(C)C)c2ncccc2c1. The van der Waals surface area contributed by atoms with Gasteiger partial charge >= 0.3 is 0 Å². The molecule has 1 unspecified atom stereocenters. The second-order valence-electron chi connectivity index (χ2n) is 9.54. The summed E-state index contributed by atoms with van der Waals surface area (Å²) in [5.41, 5.74) is 2.54. The van der Waals surface area contributed by atoms with Gasteiger partial charge in [-0.2, -0.15) is 0 Å². The smallest absolute Gasteiger partial charge is 0.228 e. The molecule has 3 aromatic rings. The highest BCUT2D eigenvalue weighted by molar-refractivity contribution is 6.30. The molecule has 0 bridgehead atoms. The van der Waals surface area contributed by atoms with Crippen LogP contribution in [0.3, 0.4) is 0 Å². The van der Waals surface area contributed by atoms with E-state index in [2.05, 4.69) is 17.2 Å². The minimum atomic E-state index is -0.429. The van der Waals surface area contributed by atoms with Crippen LogP contribution < -0.4 is 10.1 Å². The number of carbonyl (C=O) groups is 1. The van der Waals surface area contributed by atoms with Crippen LogP contribution in [0.4, 0.5) is 5.69 Å². The molecule has 33 heavy (non-hydrogen) atoms. The number of fused-ring (bicyclic) bond motifs is 1. The molecule has 2 aromatic carbocycles. The minimum Gasteiger partial charge on any atom is -0.497 e. The Bertz CT molecular complexity index is 1080. The highest BCUT2D eigenvalue weighted by Crippen LogP contribution is 2.28. The summed E-state index contributed by atoms with van der Waals surface area (Å²) in [5.74, 6) is 0.955. The molecule has 1 amide bonds. The summed E-state index contributed by atoms with van der Waals surface area (Å²) in [6.07, 6.45) is 3.61. The fourth-order valence-electron chi connectivity index (χ4n) is 3.86. The Hall–Kier alpha value is -2.79. The number of amides is 1. The van der Waals surface area contributed by atoms with Crippen molar-refractivity contribution >= 4 is 34.1 Å². The van der Waals surface area contributed by atoms with E-state index in [-0.39, 0.29) is 11.9 Å². The average Bonchev–Trinajstić information content (AvgIpc) is 2.78. The van der Waals surface area contributed by atoms with Gasteiger partial charge in [0.15, 0.2) is 0 Å². The summed E-state index contributed by atoms with van der Waals surface area (Å²) in [6.45, 7) is 9.34. The summed E-state index contributed by atoms with van der Waals surface area (Å²) in [5, 5.41) is 5.33. The van der Waals surface area contributed by atoms with Crippen LogP contribution in [-0.4, -0.2) is 35.5 Å². The van der Waals surface area contributed by atoms with Gasteiger partial charge in [0.2, 0.25) is 5.91 Å². The van der Waals surface area contributed by atoms with Crippen LogP contribution in [0, 0.1) is 5.41 Å². The molecule has 0 fully saturated rings. The van der Waals surface area contributed by atoms with Crippen LogP contribution in [0.1, 0.15) is 46.1 Å². The Morgan fingerprint density at radius 3 is 2.58 bits per heavy atom. The van der Waals surface area contributed by atoms with Gasteiger partial charge in [-0.15, -0.1) is 0 Å². The number of halogens is 1. The predicted octanol–water partition coefficient (Wildman–Crippen LogP) is 6.55. The van der Waals surface area contributed by atoms with Crippen LogP contribution in [0.25, 0.3) is 10.9 Å². The molecule has 0 radical (unpaired) electrons. The third-order valence-electron chi connectivity index (χ3n) is 5.60. The molecule has 6 heteroatoms. The molecule has 176 valence electrons. The van der Waals surface area contributed by atoms with E-state index in [4.69, 9.17) is 16.3 Å². The first-order valence-electron chi connectivity index (χ1n) is 11.4. The molecule has 0 aliphatic heterocycles. The number of hydrogen-bond acceptors (Lipinski definition) is 4. The Morgan fingerprint density at radius 2 is 1.91 bits per heavy atom. The van der Waals surface area contributed by atoms with Gasteiger partial charge in [0.1, 0.15) is 5.75 Å². The molecule has 1 N–H and O–H groups in total. The number of ether oxygens (including phenoxy) is 1. The van der Waals surface area contributed by atoms with E-state index in [1.807, 2.05) is 74.2 Å². The summed E-state index contributed by atoms with van der Waals surface area (Å²) in [4.78, 5) is 19.6. The summed E-state index contributed by atoms with van der Waals surface area (Å²) in [7, 11) is 1.67. The maximum atomic E-state index is 13.1. The van der Waals surface area contributed by atoms with Gasteiger partial charge in [-0.25, -0.2) is 0 Å². The lowest BCUT2D eigenvalue weighted by atomic mass is 9.94. The van der Waals surface area contributed by atoms with Gasteiger partial charge in [0, 0.05) is 47.2 Å². The van der Waals surface area contributed by atoms with E-state index in [1.165, 1.54) is 0 Å². The average molecular weight is 468 g/mol. The van der Waals surface area contributed by atoms with Crippen molar-refractivity contribution in [3.8, 4) is 5.75 Å². The van der Waals surface area contributed by atoms with E-state index in [0.29, 0.717) is 18.1 Å². The number of hydrogen-bond donors (Lipinski definition) is 1. The first-order chi connectivity index (χ1) is 15.7. The van der Waals surface area contributed by atoms with Gasteiger partial charge < -0.3 is 15.0 Å². The molecule has 1 atom stereocenters. The number of methoxy groups -OCH3 is 1. The van der Waals surface area contributed by atoms with Gasteiger partial charge in [0.05, 0.1) is 18.3 Å². The van der Waals surface area contributed by atoms with Crippen molar-refractivity contribution in [3.63, 3.8) is 0 Å². The zero-order valence-corrected chi connectivity index (χ0v) is 20.9. The van der Waals surface area contributed by atoms with Crippen LogP contribution >= 0.6 is 11.6 Å². The normalized spacial score (nSPS) is 12.4. The standard InChI is InChI=1S/C27H34ClN3O2/c1-19(30-24-17-23(33-5)16-21-9-6-14-29-25(21)24)8-7-15-31(26(32)27(2,3)4)18-20-10-12-22(28)13-11-20/h6,9-14,16-17,19,30H,7-8,15,18H2,1-5H3. The fraction of sp³-hybridized carbons (Fsp3) is 0.407. The highest BCUT2D eigenvalue weighted by atomic mass is 35.5. The molecule has 5 nitrogen and oxygen atoms in total. The van der Waals surface area contributed by atoms with Crippen molar-refractivity contribution in [1.82, 2.24) is 9.88 Å². The summed E-state index contributed by atoms with van der Waals surface area (Å²) < 4.78 is 5.46. The number of benzene rings is 2. The molecular weight excluding hydrogens is 434 g/mol. The van der Waals surface area contributed by atoms with Crippen LogP contribution in [0.5, 0.6) is 5.75 Å². The van der Waals surface area contributed by atoms with E-state index >= 15 is 0 Å². The van der Waals surface area contributed by atoms with Crippen molar-refractivity contribution < 1.29 is 9.53 Å². The van der Waals surface area contributed by atoms with E-state index in [0.717, 1.165) is 40.7 Å². The zero-order chi connectivity index (χ0) is 24.0. The Labute approximate surface area is 202 Å². The van der Waals surface area contributed by atoms with E-state index in [9.17, 15) is 4.79 Å². The van der Waals surface area contributed by atoms with Gasteiger partial charge in [0.25, 0.3) is 0 Å². The monoisotopic (exact) mass is 467 g/mol. The van der Waals surface area contributed by atoms with Crippen molar-refractivity contribution in [2.75, 3.05) is 19.0 Å². The lowest BCUT2D eigenvalue weighted by molar-refractivity contribution is -0.140. The minimum absolute atomic E-state index is 0.154. The predicted molar refractivity (Wildman–Crippen MR) is 137 cm³/mol. The van der Waals surface area contributed by atoms with Gasteiger partial charge in [-0.1, -0.05) is 50.6 Å². The molecule has 0 saturated heterocycles. The Balaban J connectivity index is 1.65. The largest absolute Gasteiger partial charge is 0.497 e. The number of nitrogens with zero attached hydrogens (tertiary/aromatic N) is 2. The van der Waals surface area contributed by atoms with Crippen LogP contribution in [0.15, 0.2) is 54.7 Å². The molecule has 1 heterocycles. The summed E-state index contributed by atoms with van der Waals surface area (Å²) in [6, 6.07) is 15.9. The molecular formula is C27H34ClN3O2. The van der Waals surface area contributed by atoms with Crippen molar-refractivity contribution in [3.05, 3.63) is 65.3 Å². The second-order valence-corrected chi connectivity index (χ2v) is 9.98. The molecule has 0 saturated carbocycles. The first-order valence-corrected chi connectivity index (χ1v) is 11.8. The third-order valence-corrected chi connectivity index (χ3v) is 5.85. The number of rotatable bonds is 9. The topological polar surface area (TPSA) is 54.5 Å². The molecule has 0 spiro atoms. The van der Waals surface area contributed by atoms with Crippen LogP contribution in [-0.2, 0) is 11.3 Å². The molecule has 3 rings (SSSR count). The van der Waals surface area contributed by atoms with E-state index in [1.54, 1.807) is 13.3 Å². The molecule has 0 aliphatic carbocycles. The lowest BCUT2D eigenvalue weighted by Crippen LogP contribution is -2.39. The van der Waals surface area contributed by atoms with Gasteiger partial charge in [-0.05, 0) is 49.6 Å². The lowest BCUT2D eigenvalue weighted by Gasteiger charge is -2.30. The maximum absolute atomic E-state index is 13.1. The number of pyridine rings is 1. The van der Waals surface area contributed by atoms with Crippen LogP contribution in [0.2, 0.25) is 5.02 Å². The van der Waals surface area contributed by atoms with Crippen molar-refractivity contribution in [1.29, 1.82) is 0 Å². The number of carbonyl (C=O) groups excluding carboxylic acids is 1. The number of anilines is 1. The number of aromatic nitrogens is 1. The quantitative estimate of drug-likeness (QED) is 0.387. The van der Waals surface area contributed by atoms with E-state index < -0.39 is 5.41 Å². The Morgan fingerprint density at radius 1 is 1.18 bits per heavy atom.